The molecule has 19 heavy (non-hydrogen) atoms. The molecule has 0 radical (unpaired) electrons. The Labute approximate surface area is 112 Å². The third kappa shape index (κ3) is 3.84. The van der Waals surface area contributed by atoms with Crippen molar-refractivity contribution in [1.29, 1.82) is 0 Å². The van der Waals surface area contributed by atoms with Gasteiger partial charge < -0.3 is 19.9 Å². The molecule has 1 heterocycles. The van der Waals surface area contributed by atoms with Crippen molar-refractivity contribution >= 4 is 11.8 Å². The van der Waals surface area contributed by atoms with Gasteiger partial charge >= 0.3 is 5.51 Å². The molecule has 2 N–H and O–H groups in total. The first-order valence-electron chi connectivity index (χ1n) is 5.45. The van der Waals surface area contributed by atoms with Crippen LogP contribution >= 0.6 is 11.8 Å². The number of alkyl halides is 3. The molecular formula is C11H12F3NO3S. The minimum atomic E-state index is -4.24. The third-order valence-electron chi connectivity index (χ3n) is 2.38. The summed E-state index contributed by atoms with van der Waals surface area (Å²) in [5.41, 5.74) is 1.98. The van der Waals surface area contributed by atoms with Crippen LogP contribution in [0.2, 0.25) is 0 Å². The van der Waals surface area contributed by atoms with Crippen LogP contribution in [0.5, 0.6) is 17.2 Å². The van der Waals surface area contributed by atoms with Crippen LogP contribution in [0.4, 0.5) is 13.2 Å². The molecule has 0 spiro atoms. The van der Waals surface area contributed by atoms with E-state index in [9.17, 15) is 13.2 Å². The Morgan fingerprint density at radius 1 is 1.26 bits per heavy atom. The Morgan fingerprint density at radius 3 is 2.58 bits per heavy atom. The van der Waals surface area contributed by atoms with Gasteiger partial charge in [0, 0.05) is 23.9 Å². The van der Waals surface area contributed by atoms with Crippen LogP contribution < -0.4 is 19.9 Å². The molecule has 1 aliphatic heterocycles. The molecule has 106 valence electrons. The molecule has 2 rings (SSSR count). The number of fused-ring (bicyclic) bond motifs is 1. The van der Waals surface area contributed by atoms with E-state index in [0.717, 1.165) is 0 Å². The summed E-state index contributed by atoms with van der Waals surface area (Å²) in [6.45, 7) is 0.266. The largest absolute Gasteiger partial charge is 0.492 e. The SMILES string of the molecule is NCc1cc2c(cc1OCCSC(F)(F)F)OCO2. The van der Waals surface area contributed by atoms with E-state index in [0.29, 0.717) is 22.8 Å². The van der Waals surface area contributed by atoms with Gasteiger partial charge in [0.25, 0.3) is 0 Å². The van der Waals surface area contributed by atoms with Crippen molar-refractivity contribution in [2.45, 2.75) is 12.1 Å². The van der Waals surface area contributed by atoms with Gasteiger partial charge in [0.2, 0.25) is 6.79 Å². The second-order valence-electron chi connectivity index (χ2n) is 3.66. The fraction of sp³-hybridized carbons (Fsp3) is 0.455. The molecule has 1 aromatic rings. The highest BCUT2D eigenvalue weighted by Gasteiger charge is 2.27. The topological polar surface area (TPSA) is 53.7 Å². The van der Waals surface area contributed by atoms with Gasteiger partial charge in [-0.05, 0) is 17.8 Å². The predicted molar refractivity (Wildman–Crippen MR) is 64.5 cm³/mol. The summed E-state index contributed by atoms with van der Waals surface area (Å²) in [5, 5.41) is 0. The average molecular weight is 295 g/mol. The number of thioether (sulfide) groups is 1. The lowest BCUT2D eigenvalue weighted by Gasteiger charge is -2.12. The van der Waals surface area contributed by atoms with Gasteiger partial charge in [-0.1, -0.05) is 0 Å². The highest BCUT2D eigenvalue weighted by Crippen LogP contribution is 2.38. The molecule has 4 nitrogen and oxygen atoms in total. The van der Waals surface area contributed by atoms with E-state index in [4.69, 9.17) is 19.9 Å². The van der Waals surface area contributed by atoms with E-state index in [1.807, 2.05) is 0 Å². The second-order valence-corrected chi connectivity index (χ2v) is 4.82. The number of halogens is 3. The van der Waals surface area contributed by atoms with Crippen LogP contribution in [0.3, 0.4) is 0 Å². The molecule has 0 unspecified atom stereocenters. The summed E-state index contributed by atoms with van der Waals surface area (Å²) >= 11 is -0.120. The number of hydrogen-bond donors (Lipinski definition) is 1. The van der Waals surface area contributed by atoms with Crippen LogP contribution in [0.1, 0.15) is 5.56 Å². The molecule has 0 bridgehead atoms. The summed E-state index contributed by atoms with van der Waals surface area (Å²) in [4.78, 5) is 0. The molecule has 0 aliphatic carbocycles. The normalized spacial score (nSPS) is 13.7. The zero-order valence-corrected chi connectivity index (χ0v) is 10.6. The van der Waals surface area contributed by atoms with Crippen molar-refractivity contribution in [3.8, 4) is 17.2 Å². The van der Waals surface area contributed by atoms with Gasteiger partial charge in [-0.2, -0.15) is 13.2 Å². The van der Waals surface area contributed by atoms with Crippen LogP contribution in [0, 0.1) is 0 Å². The molecule has 0 saturated carbocycles. The van der Waals surface area contributed by atoms with Crippen molar-refractivity contribution in [3.05, 3.63) is 17.7 Å². The van der Waals surface area contributed by atoms with Crippen LogP contribution in [0.25, 0.3) is 0 Å². The van der Waals surface area contributed by atoms with Crippen LogP contribution in [-0.2, 0) is 6.54 Å². The lowest BCUT2D eigenvalue weighted by molar-refractivity contribution is -0.0329. The van der Waals surface area contributed by atoms with Gasteiger partial charge in [0.05, 0.1) is 6.61 Å². The zero-order valence-electron chi connectivity index (χ0n) is 9.83. The summed E-state index contributed by atoms with van der Waals surface area (Å²) in [6, 6.07) is 3.26. The number of nitrogens with two attached hydrogens (primary N) is 1. The van der Waals surface area contributed by atoms with Gasteiger partial charge in [-0.15, -0.1) is 0 Å². The molecule has 1 aromatic carbocycles. The summed E-state index contributed by atoms with van der Waals surface area (Å²) in [6.07, 6.45) is 0. The van der Waals surface area contributed by atoms with E-state index in [1.54, 1.807) is 12.1 Å². The predicted octanol–water partition coefficient (Wildman–Crippen LogP) is 2.51. The average Bonchev–Trinajstić information content (AvgIpc) is 2.79. The Morgan fingerprint density at radius 2 is 1.95 bits per heavy atom. The van der Waals surface area contributed by atoms with Gasteiger partial charge in [0.1, 0.15) is 5.75 Å². The molecule has 0 atom stereocenters. The maximum Gasteiger partial charge on any atom is 0.441 e. The maximum absolute atomic E-state index is 12.0. The molecule has 1 aliphatic rings. The Bertz CT molecular complexity index is 454. The molecule has 0 amide bonds. The second kappa shape index (κ2) is 5.79. The van der Waals surface area contributed by atoms with Crippen molar-refractivity contribution in [3.63, 3.8) is 0 Å². The minimum absolute atomic E-state index is 0.0587. The van der Waals surface area contributed by atoms with E-state index in [2.05, 4.69) is 0 Å². The fourth-order valence-electron chi connectivity index (χ4n) is 1.57. The van der Waals surface area contributed by atoms with E-state index in [1.165, 1.54) is 0 Å². The Kier molecular flexibility index (Phi) is 4.31. The number of hydrogen-bond acceptors (Lipinski definition) is 5. The highest BCUT2D eigenvalue weighted by molar-refractivity contribution is 8.00. The standard InChI is InChI=1S/C11H12F3NO3S/c12-11(13,14)19-2-1-16-8-4-10-9(17-6-18-10)3-7(8)5-15/h3-4H,1-2,5-6,15H2. The lowest BCUT2D eigenvalue weighted by Crippen LogP contribution is -2.09. The van der Waals surface area contributed by atoms with Gasteiger partial charge in [0.15, 0.2) is 11.5 Å². The summed E-state index contributed by atoms with van der Waals surface area (Å²) in [7, 11) is 0. The minimum Gasteiger partial charge on any atom is -0.492 e. The van der Waals surface area contributed by atoms with Gasteiger partial charge in [-0.3, -0.25) is 0 Å². The summed E-state index contributed by atoms with van der Waals surface area (Å²) in [5.74, 6) is 1.32. The van der Waals surface area contributed by atoms with Crippen molar-refractivity contribution in [2.24, 2.45) is 5.73 Å². The van der Waals surface area contributed by atoms with Crippen LogP contribution in [-0.4, -0.2) is 24.7 Å². The van der Waals surface area contributed by atoms with Crippen LogP contribution in [0.15, 0.2) is 12.1 Å². The first-order valence-corrected chi connectivity index (χ1v) is 6.44. The van der Waals surface area contributed by atoms with E-state index >= 15 is 0 Å². The fourth-order valence-corrected chi connectivity index (χ4v) is 1.97. The van der Waals surface area contributed by atoms with Crippen molar-refractivity contribution < 1.29 is 27.4 Å². The molecule has 8 heteroatoms. The maximum atomic E-state index is 12.0. The summed E-state index contributed by atoms with van der Waals surface area (Å²) < 4.78 is 51.5. The van der Waals surface area contributed by atoms with Gasteiger partial charge in [-0.25, -0.2) is 0 Å². The van der Waals surface area contributed by atoms with Crippen molar-refractivity contribution in [1.82, 2.24) is 0 Å². The monoisotopic (exact) mass is 295 g/mol. The lowest BCUT2D eigenvalue weighted by atomic mass is 10.2. The Hall–Kier alpha value is -1.28. The van der Waals surface area contributed by atoms with E-state index in [-0.39, 0.29) is 37.5 Å². The van der Waals surface area contributed by atoms with E-state index < -0.39 is 5.51 Å². The van der Waals surface area contributed by atoms with Crippen molar-refractivity contribution in [2.75, 3.05) is 19.2 Å². The number of benzene rings is 1. The smallest absolute Gasteiger partial charge is 0.441 e. The Balaban J connectivity index is 1.96. The molecule has 0 saturated heterocycles. The first-order chi connectivity index (χ1) is 8.99. The third-order valence-corrected chi connectivity index (χ3v) is 3.08. The zero-order chi connectivity index (χ0) is 13.9. The highest BCUT2D eigenvalue weighted by atomic mass is 32.2. The first kappa shape index (κ1) is 14.1. The molecular weight excluding hydrogens is 283 g/mol. The number of rotatable bonds is 5. The molecule has 0 aromatic heterocycles. The molecule has 0 fully saturated rings. The quantitative estimate of drug-likeness (QED) is 0.846. The number of ether oxygens (including phenoxy) is 3.